The van der Waals surface area contributed by atoms with Crippen molar-refractivity contribution < 1.29 is 9.84 Å². The fourth-order valence-electron chi connectivity index (χ4n) is 2.53. The maximum atomic E-state index is 10.5. The van der Waals surface area contributed by atoms with E-state index in [1.165, 1.54) is 0 Å². The largest absolute Gasteiger partial charge is 0.387 e. The van der Waals surface area contributed by atoms with Gasteiger partial charge in [0.25, 0.3) is 0 Å². The van der Waals surface area contributed by atoms with Crippen LogP contribution in [0.25, 0.3) is 0 Å². The molecular formula is C11H21NO2. The molecule has 0 aromatic carbocycles. The lowest BCUT2D eigenvalue weighted by Gasteiger charge is -2.38. The third-order valence-corrected chi connectivity index (χ3v) is 3.56. The van der Waals surface area contributed by atoms with Crippen molar-refractivity contribution in [3.63, 3.8) is 0 Å². The van der Waals surface area contributed by atoms with Gasteiger partial charge >= 0.3 is 0 Å². The predicted molar refractivity (Wildman–Crippen MR) is 55.2 cm³/mol. The van der Waals surface area contributed by atoms with Crippen LogP contribution in [0, 0.1) is 5.92 Å². The van der Waals surface area contributed by atoms with Crippen LogP contribution in [0.3, 0.4) is 0 Å². The molecule has 2 rings (SSSR count). The van der Waals surface area contributed by atoms with Gasteiger partial charge in [0.2, 0.25) is 0 Å². The van der Waals surface area contributed by atoms with Crippen molar-refractivity contribution in [1.82, 2.24) is 4.90 Å². The molecule has 0 amide bonds. The molecular weight excluding hydrogens is 178 g/mol. The van der Waals surface area contributed by atoms with Crippen molar-refractivity contribution in [2.45, 2.75) is 38.4 Å². The van der Waals surface area contributed by atoms with Crippen LogP contribution in [0.5, 0.6) is 0 Å². The topological polar surface area (TPSA) is 32.7 Å². The summed E-state index contributed by atoms with van der Waals surface area (Å²) in [5, 5.41) is 10.5. The van der Waals surface area contributed by atoms with Gasteiger partial charge in [-0.2, -0.15) is 0 Å². The highest BCUT2D eigenvalue weighted by atomic mass is 16.5. The van der Waals surface area contributed by atoms with Crippen molar-refractivity contribution in [3.05, 3.63) is 0 Å². The zero-order valence-electron chi connectivity index (χ0n) is 9.20. The molecule has 82 valence electrons. The van der Waals surface area contributed by atoms with Crippen molar-refractivity contribution in [3.8, 4) is 0 Å². The Bertz CT molecular complexity index is 207. The highest BCUT2D eigenvalue weighted by Crippen LogP contribution is 2.35. The zero-order chi connectivity index (χ0) is 10.2. The van der Waals surface area contributed by atoms with E-state index in [1.807, 2.05) is 13.8 Å². The third-order valence-electron chi connectivity index (χ3n) is 3.56. The van der Waals surface area contributed by atoms with Gasteiger partial charge in [0.05, 0.1) is 18.3 Å². The Balaban J connectivity index is 1.93. The normalized spacial score (nSPS) is 42.0. The average molecular weight is 199 g/mol. The van der Waals surface area contributed by atoms with Crippen LogP contribution in [0.4, 0.5) is 0 Å². The fourth-order valence-corrected chi connectivity index (χ4v) is 2.53. The monoisotopic (exact) mass is 199 g/mol. The molecule has 3 nitrogen and oxygen atoms in total. The first kappa shape index (κ1) is 10.4. The lowest BCUT2D eigenvalue weighted by molar-refractivity contribution is -0.113. The summed E-state index contributed by atoms with van der Waals surface area (Å²) in [6.45, 7) is 7.82. The lowest BCUT2D eigenvalue weighted by Crippen LogP contribution is -2.49. The van der Waals surface area contributed by atoms with E-state index in [1.54, 1.807) is 0 Å². The number of rotatable bonds is 3. The Kier molecular flexibility index (Phi) is 2.82. The molecule has 2 aliphatic heterocycles. The molecule has 2 saturated heterocycles. The van der Waals surface area contributed by atoms with Crippen LogP contribution in [-0.4, -0.2) is 48.0 Å². The van der Waals surface area contributed by atoms with Crippen LogP contribution < -0.4 is 0 Å². The summed E-state index contributed by atoms with van der Waals surface area (Å²) < 4.78 is 5.57. The molecule has 0 saturated carbocycles. The molecule has 3 atom stereocenters. The highest BCUT2D eigenvalue weighted by Gasteiger charge is 2.44. The van der Waals surface area contributed by atoms with Crippen LogP contribution in [0.15, 0.2) is 0 Å². The smallest absolute Gasteiger partial charge is 0.0933 e. The number of fused-ring (bicyclic) bond motifs is 2. The van der Waals surface area contributed by atoms with E-state index < -0.39 is 5.60 Å². The third kappa shape index (κ3) is 1.95. The SMILES string of the molecule is CC(C)OCC1(O)CCN2CCC1C2. The van der Waals surface area contributed by atoms with Gasteiger partial charge in [-0.05, 0) is 33.2 Å². The standard InChI is InChI=1S/C11H21NO2/c1-9(2)14-8-11(13)4-6-12-5-3-10(11)7-12/h9-10,13H,3-8H2,1-2H3. The number of nitrogens with zero attached hydrogens (tertiary/aromatic N) is 1. The summed E-state index contributed by atoms with van der Waals surface area (Å²) in [5.41, 5.74) is -0.544. The Morgan fingerprint density at radius 2 is 2.29 bits per heavy atom. The number of ether oxygens (including phenoxy) is 1. The van der Waals surface area contributed by atoms with Gasteiger partial charge in [-0.3, -0.25) is 0 Å². The fraction of sp³-hybridized carbons (Fsp3) is 1.00. The van der Waals surface area contributed by atoms with Gasteiger partial charge in [0, 0.05) is 19.0 Å². The summed E-state index contributed by atoms with van der Waals surface area (Å²) >= 11 is 0. The van der Waals surface area contributed by atoms with Crippen LogP contribution in [0.1, 0.15) is 26.7 Å². The van der Waals surface area contributed by atoms with E-state index in [9.17, 15) is 5.11 Å². The second kappa shape index (κ2) is 3.80. The van der Waals surface area contributed by atoms with E-state index >= 15 is 0 Å². The van der Waals surface area contributed by atoms with Crippen LogP contribution >= 0.6 is 0 Å². The summed E-state index contributed by atoms with van der Waals surface area (Å²) in [4.78, 5) is 2.44. The van der Waals surface area contributed by atoms with Gasteiger partial charge in [0.1, 0.15) is 0 Å². The summed E-state index contributed by atoms with van der Waals surface area (Å²) in [5.74, 6) is 0.440. The molecule has 0 spiro atoms. The number of hydrogen-bond acceptors (Lipinski definition) is 3. The van der Waals surface area contributed by atoms with Gasteiger partial charge < -0.3 is 14.7 Å². The number of hydrogen-bond donors (Lipinski definition) is 1. The van der Waals surface area contributed by atoms with Gasteiger partial charge in [0.15, 0.2) is 0 Å². The Labute approximate surface area is 86.0 Å². The molecule has 0 aliphatic carbocycles. The summed E-state index contributed by atoms with van der Waals surface area (Å²) in [7, 11) is 0. The first-order valence-electron chi connectivity index (χ1n) is 5.66. The average Bonchev–Trinajstić information content (AvgIpc) is 2.55. The van der Waals surface area contributed by atoms with Gasteiger partial charge in [-0.15, -0.1) is 0 Å². The molecule has 2 bridgehead atoms. The molecule has 2 fully saturated rings. The van der Waals surface area contributed by atoms with E-state index in [0.717, 1.165) is 32.5 Å². The van der Waals surface area contributed by atoms with Crippen LogP contribution in [-0.2, 0) is 4.74 Å². The second-order valence-electron chi connectivity index (χ2n) is 5.00. The highest BCUT2D eigenvalue weighted by molar-refractivity contribution is 4.97. The van der Waals surface area contributed by atoms with Crippen molar-refractivity contribution >= 4 is 0 Å². The molecule has 0 radical (unpaired) electrons. The molecule has 0 aromatic heterocycles. The van der Waals surface area contributed by atoms with E-state index in [2.05, 4.69) is 4.90 Å². The van der Waals surface area contributed by atoms with E-state index in [0.29, 0.717) is 12.5 Å². The molecule has 2 aliphatic rings. The molecule has 3 unspecified atom stereocenters. The minimum atomic E-state index is -0.544. The maximum absolute atomic E-state index is 10.5. The van der Waals surface area contributed by atoms with Crippen LogP contribution in [0.2, 0.25) is 0 Å². The molecule has 0 aromatic rings. The quantitative estimate of drug-likeness (QED) is 0.732. The van der Waals surface area contributed by atoms with Crippen molar-refractivity contribution in [2.75, 3.05) is 26.2 Å². The minimum absolute atomic E-state index is 0.221. The van der Waals surface area contributed by atoms with Crippen molar-refractivity contribution in [1.29, 1.82) is 0 Å². The lowest BCUT2D eigenvalue weighted by atomic mass is 9.83. The molecule has 3 heteroatoms. The van der Waals surface area contributed by atoms with Gasteiger partial charge in [-0.1, -0.05) is 0 Å². The molecule has 2 heterocycles. The number of aliphatic hydroxyl groups is 1. The number of piperidine rings is 1. The Hall–Kier alpha value is -0.120. The zero-order valence-corrected chi connectivity index (χ0v) is 9.20. The first-order chi connectivity index (χ1) is 6.60. The van der Waals surface area contributed by atoms with Crippen molar-refractivity contribution in [2.24, 2.45) is 5.92 Å². The maximum Gasteiger partial charge on any atom is 0.0933 e. The minimum Gasteiger partial charge on any atom is -0.387 e. The molecule has 14 heavy (non-hydrogen) atoms. The van der Waals surface area contributed by atoms with Gasteiger partial charge in [-0.25, -0.2) is 0 Å². The first-order valence-corrected chi connectivity index (χ1v) is 5.66. The van der Waals surface area contributed by atoms with E-state index in [-0.39, 0.29) is 6.10 Å². The Morgan fingerprint density at radius 3 is 3.00 bits per heavy atom. The van der Waals surface area contributed by atoms with E-state index in [4.69, 9.17) is 4.74 Å². The summed E-state index contributed by atoms with van der Waals surface area (Å²) in [6, 6.07) is 0. The predicted octanol–water partition coefficient (Wildman–Crippen LogP) is 0.868. The Morgan fingerprint density at radius 1 is 1.50 bits per heavy atom. The summed E-state index contributed by atoms with van der Waals surface area (Å²) in [6.07, 6.45) is 2.24. The second-order valence-corrected chi connectivity index (χ2v) is 5.00. The molecule has 1 N–H and O–H groups in total.